The molecule has 13 heavy (non-hydrogen) atoms. The van der Waals surface area contributed by atoms with Gasteiger partial charge in [0, 0.05) is 5.92 Å². The van der Waals surface area contributed by atoms with Gasteiger partial charge in [-0.3, -0.25) is 5.10 Å². The molecule has 1 fully saturated rings. The molecule has 1 heterocycles. The van der Waals surface area contributed by atoms with Gasteiger partial charge in [-0.15, -0.1) is 5.10 Å². The van der Waals surface area contributed by atoms with Gasteiger partial charge in [-0.1, -0.05) is 31.0 Å². The average Bonchev–Trinajstić information content (AvgIpc) is 2.67. The lowest BCUT2D eigenvalue weighted by Gasteiger charge is -2.18. The summed E-state index contributed by atoms with van der Waals surface area (Å²) in [6, 6.07) is 0. The number of hydrogen-bond donors (Lipinski definition) is 1. The van der Waals surface area contributed by atoms with Crippen molar-refractivity contribution in [3.63, 3.8) is 0 Å². The number of rotatable bonds is 2. The highest BCUT2D eigenvalue weighted by Crippen LogP contribution is 2.30. The zero-order chi connectivity index (χ0) is 9.10. The third-order valence-electron chi connectivity index (χ3n) is 2.66. The van der Waals surface area contributed by atoms with E-state index in [2.05, 4.69) is 15.2 Å². The maximum absolute atomic E-state index is 4.45. The minimum Gasteiger partial charge on any atom is -0.262 e. The van der Waals surface area contributed by atoms with Gasteiger partial charge in [-0.2, -0.15) is 0 Å². The Kier molecular flexibility index (Phi) is 2.88. The Morgan fingerprint density at radius 1 is 1.31 bits per heavy atom. The van der Waals surface area contributed by atoms with Gasteiger partial charge in [0.2, 0.25) is 5.16 Å². The van der Waals surface area contributed by atoms with Crippen LogP contribution in [0.1, 0.15) is 43.8 Å². The number of H-pyrrole nitrogens is 1. The van der Waals surface area contributed by atoms with Crippen LogP contribution in [0.15, 0.2) is 5.16 Å². The molecule has 1 aliphatic carbocycles. The summed E-state index contributed by atoms with van der Waals surface area (Å²) >= 11 is 1.60. The van der Waals surface area contributed by atoms with Crippen molar-refractivity contribution in [2.24, 2.45) is 0 Å². The predicted molar refractivity (Wildman–Crippen MR) is 54.0 cm³/mol. The van der Waals surface area contributed by atoms with Gasteiger partial charge < -0.3 is 0 Å². The van der Waals surface area contributed by atoms with E-state index in [-0.39, 0.29) is 0 Å². The van der Waals surface area contributed by atoms with Crippen molar-refractivity contribution in [1.29, 1.82) is 0 Å². The molecule has 4 heteroatoms. The van der Waals surface area contributed by atoms with Crippen molar-refractivity contribution < 1.29 is 0 Å². The van der Waals surface area contributed by atoms with Crippen molar-refractivity contribution in [2.75, 3.05) is 6.26 Å². The van der Waals surface area contributed by atoms with Gasteiger partial charge in [0.1, 0.15) is 5.82 Å². The zero-order valence-corrected chi connectivity index (χ0v) is 8.73. The summed E-state index contributed by atoms with van der Waals surface area (Å²) in [5.41, 5.74) is 0. The van der Waals surface area contributed by atoms with E-state index in [1.54, 1.807) is 11.8 Å². The minimum absolute atomic E-state index is 0.641. The molecule has 1 aromatic heterocycles. The van der Waals surface area contributed by atoms with Crippen LogP contribution in [0.4, 0.5) is 0 Å². The van der Waals surface area contributed by atoms with Gasteiger partial charge in [-0.25, -0.2) is 4.98 Å². The second kappa shape index (κ2) is 4.13. The van der Waals surface area contributed by atoms with Crippen LogP contribution in [0.2, 0.25) is 0 Å². The molecule has 1 aromatic rings. The minimum atomic E-state index is 0.641. The van der Waals surface area contributed by atoms with Crippen molar-refractivity contribution in [3.05, 3.63) is 5.82 Å². The Hall–Kier alpha value is -0.510. The Morgan fingerprint density at radius 3 is 2.69 bits per heavy atom. The largest absolute Gasteiger partial charge is 0.262 e. The third kappa shape index (κ3) is 2.05. The molecule has 0 aromatic carbocycles. The summed E-state index contributed by atoms with van der Waals surface area (Å²) in [6.07, 6.45) is 8.65. The average molecular weight is 197 g/mol. The quantitative estimate of drug-likeness (QED) is 0.741. The van der Waals surface area contributed by atoms with Gasteiger partial charge in [0.15, 0.2) is 0 Å². The van der Waals surface area contributed by atoms with Crippen LogP contribution in [0.25, 0.3) is 0 Å². The molecule has 2 rings (SSSR count). The molecule has 1 saturated carbocycles. The monoisotopic (exact) mass is 197 g/mol. The molecule has 72 valence electrons. The first-order valence-electron chi connectivity index (χ1n) is 4.86. The lowest BCUT2D eigenvalue weighted by Crippen LogP contribution is -2.06. The fourth-order valence-corrected chi connectivity index (χ4v) is 2.23. The molecule has 0 radical (unpaired) electrons. The SMILES string of the molecule is CSc1n[nH]c(C2CCCCC2)n1. The number of nitrogens with one attached hydrogen (secondary N) is 1. The predicted octanol–water partition coefficient (Wildman–Crippen LogP) is 2.57. The fourth-order valence-electron chi connectivity index (χ4n) is 1.91. The van der Waals surface area contributed by atoms with Gasteiger partial charge in [0.25, 0.3) is 0 Å². The number of nitrogens with zero attached hydrogens (tertiary/aromatic N) is 2. The Balaban J connectivity index is 2.05. The standard InChI is InChI=1S/C9H15N3S/c1-13-9-10-8(11-12-9)7-5-3-2-4-6-7/h7H,2-6H2,1H3,(H,10,11,12). The van der Waals surface area contributed by atoms with E-state index in [1.807, 2.05) is 6.26 Å². The van der Waals surface area contributed by atoms with Crippen LogP contribution < -0.4 is 0 Å². The van der Waals surface area contributed by atoms with E-state index in [0.29, 0.717) is 5.92 Å². The molecule has 1 N–H and O–H groups in total. The van der Waals surface area contributed by atoms with E-state index in [9.17, 15) is 0 Å². The van der Waals surface area contributed by atoms with Crippen LogP contribution in [0.3, 0.4) is 0 Å². The number of aromatic amines is 1. The fraction of sp³-hybridized carbons (Fsp3) is 0.778. The Morgan fingerprint density at radius 2 is 2.08 bits per heavy atom. The van der Waals surface area contributed by atoms with E-state index in [0.717, 1.165) is 11.0 Å². The molecular weight excluding hydrogens is 182 g/mol. The number of aromatic nitrogens is 3. The van der Waals surface area contributed by atoms with Gasteiger partial charge in [-0.05, 0) is 19.1 Å². The lowest BCUT2D eigenvalue weighted by atomic mass is 9.89. The molecule has 1 aliphatic rings. The van der Waals surface area contributed by atoms with Crippen LogP contribution in [0, 0.1) is 0 Å². The molecule has 0 bridgehead atoms. The summed E-state index contributed by atoms with van der Waals surface area (Å²) in [4.78, 5) is 4.45. The highest BCUT2D eigenvalue weighted by atomic mass is 32.2. The van der Waals surface area contributed by atoms with Crippen molar-refractivity contribution in [2.45, 2.75) is 43.2 Å². The highest BCUT2D eigenvalue weighted by molar-refractivity contribution is 7.98. The normalized spacial score (nSPS) is 19.2. The second-order valence-corrected chi connectivity index (χ2v) is 4.32. The highest BCUT2D eigenvalue weighted by Gasteiger charge is 2.18. The van der Waals surface area contributed by atoms with Crippen molar-refractivity contribution in [1.82, 2.24) is 15.2 Å². The van der Waals surface area contributed by atoms with Crippen molar-refractivity contribution in [3.8, 4) is 0 Å². The first kappa shape index (κ1) is 9.06. The van der Waals surface area contributed by atoms with Crippen molar-refractivity contribution >= 4 is 11.8 Å². The smallest absolute Gasteiger partial charge is 0.208 e. The molecule has 0 unspecified atom stereocenters. The summed E-state index contributed by atoms with van der Waals surface area (Å²) in [7, 11) is 0. The van der Waals surface area contributed by atoms with E-state index in [4.69, 9.17) is 0 Å². The van der Waals surface area contributed by atoms with Crippen LogP contribution in [-0.2, 0) is 0 Å². The summed E-state index contributed by atoms with van der Waals surface area (Å²) in [6.45, 7) is 0. The van der Waals surface area contributed by atoms with E-state index < -0.39 is 0 Å². The molecular formula is C9H15N3S. The molecule has 0 spiro atoms. The third-order valence-corrected chi connectivity index (χ3v) is 3.20. The Labute approximate surface area is 82.7 Å². The van der Waals surface area contributed by atoms with E-state index >= 15 is 0 Å². The summed E-state index contributed by atoms with van der Waals surface area (Å²) < 4.78 is 0. The zero-order valence-electron chi connectivity index (χ0n) is 7.92. The molecule has 0 atom stereocenters. The topological polar surface area (TPSA) is 41.6 Å². The van der Waals surface area contributed by atoms with Crippen LogP contribution in [-0.4, -0.2) is 21.4 Å². The second-order valence-electron chi connectivity index (χ2n) is 3.54. The lowest BCUT2D eigenvalue weighted by molar-refractivity contribution is 0.429. The first-order valence-corrected chi connectivity index (χ1v) is 6.09. The van der Waals surface area contributed by atoms with Gasteiger partial charge in [0.05, 0.1) is 0 Å². The summed E-state index contributed by atoms with van der Waals surface area (Å²) in [5.74, 6) is 1.74. The Bertz CT molecular complexity index is 266. The van der Waals surface area contributed by atoms with Gasteiger partial charge >= 0.3 is 0 Å². The van der Waals surface area contributed by atoms with Crippen LogP contribution >= 0.6 is 11.8 Å². The molecule has 0 saturated heterocycles. The first-order chi connectivity index (χ1) is 6.40. The maximum Gasteiger partial charge on any atom is 0.208 e. The summed E-state index contributed by atoms with van der Waals surface area (Å²) in [5, 5.41) is 8.06. The molecule has 0 amide bonds. The van der Waals surface area contributed by atoms with Crippen LogP contribution in [0.5, 0.6) is 0 Å². The maximum atomic E-state index is 4.45. The number of thioether (sulfide) groups is 1. The number of hydrogen-bond acceptors (Lipinski definition) is 3. The van der Waals surface area contributed by atoms with E-state index in [1.165, 1.54) is 32.1 Å². The molecule has 3 nitrogen and oxygen atoms in total. The molecule has 0 aliphatic heterocycles.